The number of halogens is 1. The van der Waals surface area contributed by atoms with Crippen molar-refractivity contribution in [1.29, 1.82) is 0 Å². The van der Waals surface area contributed by atoms with Crippen LogP contribution < -0.4 is 4.74 Å². The van der Waals surface area contributed by atoms with Crippen molar-refractivity contribution in [1.82, 2.24) is 4.90 Å². The molecule has 1 atom stereocenters. The summed E-state index contributed by atoms with van der Waals surface area (Å²) in [5, 5.41) is 10.2. The van der Waals surface area contributed by atoms with E-state index >= 15 is 0 Å². The summed E-state index contributed by atoms with van der Waals surface area (Å²) in [6, 6.07) is 13.8. The van der Waals surface area contributed by atoms with E-state index in [2.05, 4.69) is 21.8 Å². The van der Waals surface area contributed by atoms with Crippen LogP contribution in [0.15, 0.2) is 48.5 Å². The summed E-state index contributed by atoms with van der Waals surface area (Å²) < 4.78 is 10.5. The van der Waals surface area contributed by atoms with Crippen LogP contribution in [0.4, 0.5) is 0 Å². The Balaban J connectivity index is 1.64. The van der Waals surface area contributed by atoms with Gasteiger partial charge in [0.15, 0.2) is 0 Å². The molecule has 2 aromatic carbocycles. The van der Waals surface area contributed by atoms with Crippen LogP contribution >= 0.6 is 11.6 Å². The molecule has 1 aliphatic rings. The highest BCUT2D eigenvalue weighted by atomic mass is 35.5. The normalized spacial score (nSPS) is 15.7. The minimum atomic E-state index is -0.363. The Morgan fingerprint density at radius 1 is 1.24 bits per heavy atom. The first-order valence-electron chi connectivity index (χ1n) is 9.73. The van der Waals surface area contributed by atoms with Gasteiger partial charge >= 0.3 is 5.97 Å². The zero-order chi connectivity index (χ0) is 20.6. The molecule has 29 heavy (non-hydrogen) atoms. The van der Waals surface area contributed by atoms with Crippen molar-refractivity contribution in [3.63, 3.8) is 0 Å². The third-order valence-corrected chi connectivity index (χ3v) is 5.37. The van der Waals surface area contributed by atoms with Crippen LogP contribution in [0.5, 0.6) is 5.75 Å². The molecule has 0 aromatic heterocycles. The van der Waals surface area contributed by atoms with Crippen LogP contribution in [0, 0.1) is 0 Å². The summed E-state index contributed by atoms with van der Waals surface area (Å²) >= 11 is 5.91. The van der Waals surface area contributed by atoms with E-state index in [0.717, 1.165) is 30.7 Å². The van der Waals surface area contributed by atoms with Crippen LogP contribution in [0.1, 0.15) is 29.2 Å². The van der Waals surface area contributed by atoms with Gasteiger partial charge in [0.25, 0.3) is 0 Å². The molecule has 1 N–H and O–H groups in total. The molecule has 2 aromatic rings. The Kier molecular flexibility index (Phi) is 7.69. The lowest BCUT2D eigenvalue weighted by molar-refractivity contribution is -0.134. The number of aliphatic hydroxyl groups is 1. The monoisotopic (exact) mass is 415 g/mol. The minimum absolute atomic E-state index is 0.104. The molecule has 0 aliphatic heterocycles. The maximum absolute atomic E-state index is 11.3. The second-order valence-corrected chi connectivity index (χ2v) is 7.37. The van der Waals surface area contributed by atoms with Crippen molar-refractivity contribution in [2.45, 2.75) is 18.9 Å². The number of carbonyl (C=O) groups excluding carboxylic acids is 1. The molecular weight excluding hydrogens is 390 g/mol. The second kappa shape index (κ2) is 10.4. The van der Waals surface area contributed by atoms with E-state index in [-0.39, 0.29) is 18.6 Å². The fourth-order valence-electron chi connectivity index (χ4n) is 3.69. The van der Waals surface area contributed by atoms with E-state index in [1.165, 1.54) is 24.3 Å². The van der Waals surface area contributed by atoms with E-state index in [0.29, 0.717) is 18.2 Å². The first-order valence-corrected chi connectivity index (χ1v) is 10.1. The van der Waals surface area contributed by atoms with Gasteiger partial charge in [0.2, 0.25) is 0 Å². The lowest BCUT2D eigenvalue weighted by Crippen LogP contribution is -2.34. The van der Waals surface area contributed by atoms with Gasteiger partial charge in [-0.05, 0) is 59.9 Å². The number of methoxy groups -OCH3 is 1. The van der Waals surface area contributed by atoms with Crippen molar-refractivity contribution in [3.8, 4) is 5.75 Å². The quantitative estimate of drug-likeness (QED) is 0.497. The van der Waals surface area contributed by atoms with Gasteiger partial charge in [-0.15, -0.1) is 0 Å². The molecule has 0 amide bonds. The Hall–Kier alpha value is -2.34. The number of ether oxygens (including phenoxy) is 2. The maximum atomic E-state index is 11.3. The number of benzene rings is 2. The number of hydrogen-bond acceptors (Lipinski definition) is 5. The Morgan fingerprint density at radius 3 is 2.76 bits per heavy atom. The topological polar surface area (TPSA) is 59.0 Å². The van der Waals surface area contributed by atoms with Crippen molar-refractivity contribution in [3.05, 3.63) is 70.3 Å². The maximum Gasteiger partial charge on any atom is 0.330 e. The smallest absolute Gasteiger partial charge is 0.330 e. The first kappa shape index (κ1) is 21.4. The lowest BCUT2D eigenvalue weighted by atomic mass is 10.0. The molecule has 154 valence electrons. The van der Waals surface area contributed by atoms with E-state index in [1.54, 1.807) is 6.08 Å². The summed E-state index contributed by atoms with van der Waals surface area (Å²) in [5.41, 5.74) is 3.54. The van der Waals surface area contributed by atoms with Gasteiger partial charge in [-0.3, -0.25) is 4.90 Å². The highest BCUT2D eigenvalue weighted by Gasteiger charge is 2.27. The summed E-state index contributed by atoms with van der Waals surface area (Å²) in [7, 11) is 1.37. The number of aliphatic hydroxyl groups excluding tert-OH is 1. The highest BCUT2D eigenvalue weighted by molar-refractivity contribution is 6.30. The Morgan fingerprint density at radius 2 is 2.03 bits per heavy atom. The van der Waals surface area contributed by atoms with Crippen LogP contribution in [0.3, 0.4) is 0 Å². The molecule has 0 saturated heterocycles. The first-order chi connectivity index (χ1) is 14.1. The minimum Gasteiger partial charge on any atom is -0.492 e. The van der Waals surface area contributed by atoms with E-state index < -0.39 is 0 Å². The van der Waals surface area contributed by atoms with Crippen LogP contribution in [0.25, 0.3) is 6.08 Å². The van der Waals surface area contributed by atoms with Crippen molar-refractivity contribution < 1.29 is 19.4 Å². The van der Waals surface area contributed by atoms with Gasteiger partial charge in [-0.2, -0.15) is 0 Å². The number of fused-ring (bicyclic) bond motifs is 1. The van der Waals surface area contributed by atoms with E-state index in [4.69, 9.17) is 16.3 Å². The lowest BCUT2D eigenvalue weighted by Gasteiger charge is -2.29. The molecule has 1 aliphatic carbocycles. The van der Waals surface area contributed by atoms with E-state index in [9.17, 15) is 9.90 Å². The Labute approximate surface area is 176 Å². The number of aryl methyl sites for hydroxylation is 1. The molecule has 5 nitrogen and oxygen atoms in total. The fourth-order valence-corrected chi connectivity index (χ4v) is 3.82. The van der Waals surface area contributed by atoms with Crippen molar-refractivity contribution in [2.75, 3.05) is 33.4 Å². The predicted octanol–water partition coefficient (Wildman–Crippen LogP) is 3.89. The summed E-state index contributed by atoms with van der Waals surface area (Å²) in [6.07, 6.45) is 5.17. The van der Waals surface area contributed by atoms with Gasteiger partial charge in [-0.1, -0.05) is 29.8 Å². The zero-order valence-corrected chi connectivity index (χ0v) is 17.3. The zero-order valence-electron chi connectivity index (χ0n) is 16.5. The third-order valence-electron chi connectivity index (χ3n) is 5.12. The molecule has 0 bridgehead atoms. The summed E-state index contributed by atoms with van der Waals surface area (Å²) in [6.45, 7) is 1.95. The summed E-state index contributed by atoms with van der Waals surface area (Å²) in [4.78, 5) is 13.6. The SMILES string of the molecule is COC(=O)C=Cc1ccc2c(c1)CCC2N(CCO)CCOc1ccc(Cl)cc1. The molecule has 0 radical (unpaired) electrons. The standard InChI is InChI=1S/C23H26ClNO4/c1-28-23(27)11-3-17-2-9-21-18(16-17)4-10-22(21)25(12-14-26)13-15-29-20-7-5-19(24)6-8-20/h2-3,5-9,11,16,22,26H,4,10,12-15H2,1H3. The summed E-state index contributed by atoms with van der Waals surface area (Å²) in [5.74, 6) is 0.422. The van der Waals surface area contributed by atoms with Crippen LogP contribution in [-0.2, 0) is 16.0 Å². The molecule has 0 spiro atoms. The van der Waals surface area contributed by atoms with E-state index in [1.807, 2.05) is 30.3 Å². The van der Waals surface area contributed by atoms with Gasteiger partial charge in [0.1, 0.15) is 12.4 Å². The van der Waals surface area contributed by atoms with Gasteiger partial charge < -0.3 is 14.6 Å². The third kappa shape index (κ3) is 5.82. The largest absolute Gasteiger partial charge is 0.492 e. The fraction of sp³-hybridized carbons (Fsp3) is 0.348. The molecule has 3 rings (SSSR count). The molecule has 1 unspecified atom stereocenters. The molecule has 0 heterocycles. The van der Waals surface area contributed by atoms with Gasteiger partial charge in [0, 0.05) is 30.2 Å². The Bertz CT molecular complexity index is 850. The number of esters is 1. The van der Waals surface area contributed by atoms with Crippen LogP contribution in [-0.4, -0.2) is 49.4 Å². The number of rotatable bonds is 9. The molecular formula is C23H26ClNO4. The number of nitrogens with zero attached hydrogens (tertiary/aromatic N) is 1. The predicted molar refractivity (Wildman–Crippen MR) is 114 cm³/mol. The van der Waals surface area contributed by atoms with Gasteiger partial charge in [0.05, 0.1) is 13.7 Å². The van der Waals surface area contributed by atoms with Crippen LogP contribution in [0.2, 0.25) is 5.02 Å². The van der Waals surface area contributed by atoms with Crippen molar-refractivity contribution in [2.24, 2.45) is 0 Å². The molecule has 6 heteroatoms. The molecule has 0 saturated carbocycles. The highest BCUT2D eigenvalue weighted by Crippen LogP contribution is 2.36. The molecule has 0 fully saturated rings. The number of carbonyl (C=O) groups is 1. The average Bonchev–Trinajstić information content (AvgIpc) is 3.16. The van der Waals surface area contributed by atoms with Crippen molar-refractivity contribution >= 4 is 23.6 Å². The second-order valence-electron chi connectivity index (χ2n) is 6.93. The number of hydrogen-bond donors (Lipinski definition) is 1. The average molecular weight is 416 g/mol. The van der Waals surface area contributed by atoms with Gasteiger partial charge in [-0.25, -0.2) is 4.79 Å².